The number of benzene rings is 2. The van der Waals surface area contributed by atoms with Gasteiger partial charge in [0.2, 0.25) is 0 Å². The summed E-state index contributed by atoms with van der Waals surface area (Å²) in [6.45, 7) is 4.36. The van der Waals surface area contributed by atoms with Gasteiger partial charge in [-0.1, -0.05) is 36.4 Å². The fourth-order valence-electron chi connectivity index (χ4n) is 2.68. The second kappa shape index (κ2) is 7.35. The number of rotatable bonds is 7. The van der Waals surface area contributed by atoms with Crippen molar-refractivity contribution in [1.29, 1.82) is 0 Å². The summed E-state index contributed by atoms with van der Waals surface area (Å²) in [4.78, 5) is 0. The molecule has 3 aromatic rings. The predicted octanol–water partition coefficient (Wildman–Crippen LogP) is 5.87. The quantitative estimate of drug-likeness (QED) is 0.503. The Labute approximate surface area is 141 Å². The summed E-state index contributed by atoms with van der Waals surface area (Å²) in [6.07, 6.45) is 0.260. The first-order chi connectivity index (χ1) is 11.6. The van der Waals surface area contributed by atoms with Crippen LogP contribution in [0.3, 0.4) is 0 Å². The van der Waals surface area contributed by atoms with Crippen molar-refractivity contribution in [2.24, 2.45) is 0 Å². The van der Waals surface area contributed by atoms with Crippen LogP contribution in [0.4, 0.5) is 0 Å². The maximum Gasteiger partial charge on any atom is 0.335 e. The SMILES string of the molecule is CCOP(=O)(Cc1ccc2oc(-c3ccccc3)cc2c1)OCC. The Kier molecular flexibility index (Phi) is 5.20. The van der Waals surface area contributed by atoms with E-state index in [2.05, 4.69) is 0 Å². The van der Waals surface area contributed by atoms with E-state index < -0.39 is 7.60 Å². The van der Waals surface area contributed by atoms with Crippen molar-refractivity contribution in [3.05, 3.63) is 60.2 Å². The van der Waals surface area contributed by atoms with E-state index in [4.69, 9.17) is 13.5 Å². The van der Waals surface area contributed by atoms with Gasteiger partial charge >= 0.3 is 7.60 Å². The summed E-state index contributed by atoms with van der Waals surface area (Å²) in [5.41, 5.74) is 2.75. The standard InChI is InChI=1S/C19H21O4P/c1-3-21-24(20,22-4-2)14-15-10-11-18-17(12-15)13-19(23-18)16-8-6-5-7-9-16/h5-13H,3-4,14H2,1-2H3. The van der Waals surface area contributed by atoms with E-state index in [1.54, 1.807) is 0 Å². The maximum absolute atomic E-state index is 12.7. The van der Waals surface area contributed by atoms with Gasteiger partial charge in [0.1, 0.15) is 11.3 Å². The van der Waals surface area contributed by atoms with Crippen molar-refractivity contribution in [2.45, 2.75) is 20.0 Å². The van der Waals surface area contributed by atoms with Crippen molar-refractivity contribution in [1.82, 2.24) is 0 Å². The van der Waals surface area contributed by atoms with Gasteiger partial charge in [0.15, 0.2) is 0 Å². The van der Waals surface area contributed by atoms with Crippen molar-refractivity contribution in [3.8, 4) is 11.3 Å². The van der Waals surface area contributed by atoms with Crippen LogP contribution in [0.2, 0.25) is 0 Å². The molecule has 0 aliphatic rings. The molecule has 0 bridgehead atoms. The predicted molar refractivity (Wildman–Crippen MR) is 96.2 cm³/mol. The Morgan fingerprint density at radius 1 is 0.958 bits per heavy atom. The summed E-state index contributed by atoms with van der Waals surface area (Å²) >= 11 is 0. The zero-order chi connectivity index (χ0) is 17.0. The summed E-state index contributed by atoms with van der Waals surface area (Å²) in [5, 5.41) is 0.978. The zero-order valence-electron chi connectivity index (χ0n) is 13.9. The van der Waals surface area contributed by atoms with E-state index in [9.17, 15) is 4.57 Å². The van der Waals surface area contributed by atoms with Gasteiger partial charge in [0.05, 0.1) is 19.4 Å². The molecule has 0 spiro atoms. The molecule has 0 radical (unpaired) electrons. The summed E-state index contributed by atoms with van der Waals surface area (Å²) < 4.78 is 29.3. The van der Waals surface area contributed by atoms with E-state index in [-0.39, 0.29) is 6.16 Å². The van der Waals surface area contributed by atoms with Gasteiger partial charge in [-0.25, -0.2) is 0 Å². The summed E-state index contributed by atoms with van der Waals surface area (Å²) in [7, 11) is -3.10. The molecule has 2 aromatic carbocycles. The van der Waals surface area contributed by atoms with Crippen molar-refractivity contribution in [2.75, 3.05) is 13.2 Å². The fourth-order valence-corrected chi connectivity index (χ4v) is 4.37. The second-order valence-electron chi connectivity index (χ2n) is 5.45. The third-order valence-corrected chi connectivity index (χ3v) is 5.72. The number of hydrogen-bond donors (Lipinski definition) is 0. The van der Waals surface area contributed by atoms with Crippen LogP contribution >= 0.6 is 7.60 Å². The first-order valence-corrected chi connectivity index (χ1v) is 9.82. The molecule has 5 heteroatoms. The van der Waals surface area contributed by atoms with Crippen LogP contribution < -0.4 is 0 Å². The number of hydrogen-bond acceptors (Lipinski definition) is 4. The Morgan fingerprint density at radius 2 is 1.67 bits per heavy atom. The topological polar surface area (TPSA) is 48.7 Å². The number of furan rings is 1. The van der Waals surface area contributed by atoms with Crippen molar-refractivity contribution in [3.63, 3.8) is 0 Å². The molecule has 4 nitrogen and oxygen atoms in total. The summed E-state index contributed by atoms with van der Waals surface area (Å²) in [5.74, 6) is 0.820. The van der Waals surface area contributed by atoms with Crippen LogP contribution in [0, 0.1) is 0 Å². The van der Waals surface area contributed by atoms with Gasteiger partial charge in [-0.3, -0.25) is 4.57 Å². The van der Waals surface area contributed by atoms with Crippen LogP contribution in [0.5, 0.6) is 0 Å². The average molecular weight is 344 g/mol. The van der Waals surface area contributed by atoms with Crippen molar-refractivity contribution >= 4 is 18.6 Å². The molecule has 0 fully saturated rings. The smallest absolute Gasteiger partial charge is 0.335 e. The Bertz CT molecular complexity index is 844. The molecule has 3 rings (SSSR count). The Morgan fingerprint density at radius 3 is 2.33 bits per heavy atom. The molecule has 0 aliphatic carbocycles. The average Bonchev–Trinajstić information content (AvgIpc) is 2.99. The molecule has 0 amide bonds. The lowest BCUT2D eigenvalue weighted by molar-refractivity contribution is 0.219. The van der Waals surface area contributed by atoms with E-state index in [1.807, 2.05) is 68.4 Å². The van der Waals surface area contributed by atoms with Crippen LogP contribution in [0.25, 0.3) is 22.3 Å². The van der Waals surface area contributed by atoms with Gasteiger partial charge in [-0.2, -0.15) is 0 Å². The normalized spacial score (nSPS) is 11.9. The minimum atomic E-state index is -3.10. The molecule has 126 valence electrons. The number of fused-ring (bicyclic) bond motifs is 1. The van der Waals surface area contributed by atoms with E-state index in [0.717, 1.165) is 27.9 Å². The zero-order valence-corrected chi connectivity index (χ0v) is 14.8. The molecule has 0 N–H and O–H groups in total. The van der Waals surface area contributed by atoms with Gasteiger partial charge in [-0.05, 0) is 37.6 Å². The lowest BCUT2D eigenvalue weighted by atomic mass is 10.1. The van der Waals surface area contributed by atoms with Gasteiger partial charge < -0.3 is 13.5 Å². The highest BCUT2D eigenvalue weighted by molar-refractivity contribution is 7.53. The lowest BCUT2D eigenvalue weighted by Crippen LogP contribution is -1.98. The van der Waals surface area contributed by atoms with Gasteiger partial charge in [-0.15, -0.1) is 0 Å². The first-order valence-electron chi connectivity index (χ1n) is 8.09. The molecule has 0 saturated heterocycles. The van der Waals surface area contributed by atoms with Crippen LogP contribution in [-0.2, 0) is 19.8 Å². The Hall–Kier alpha value is -1.87. The van der Waals surface area contributed by atoms with Crippen molar-refractivity contribution < 1.29 is 18.0 Å². The molecule has 0 atom stereocenters. The molecule has 1 aromatic heterocycles. The van der Waals surface area contributed by atoms with Crippen LogP contribution in [-0.4, -0.2) is 13.2 Å². The van der Waals surface area contributed by atoms with E-state index in [0.29, 0.717) is 13.2 Å². The lowest BCUT2D eigenvalue weighted by Gasteiger charge is -2.16. The third kappa shape index (κ3) is 3.78. The molecule has 0 unspecified atom stereocenters. The highest BCUT2D eigenvalue weighted by Gasteiger charge is 2.24. The van der Waals surface area contributed by atoms with Crippen LogP contribution in [0.15, 0.2) is 59.0 Å². The molecule has 0 saturated carbocycles. The largest absolute Gasteiger partial charge is 0.456 e. The molecule has 24 heavy (non-hydrogen) atoms. The first kappa shape index (κ1) is 17.0. The highest BCUT2D eigenvalue weighted by Crippen LogP contribution is 2.51. The third-order valence-electron chi connectivity index (χ3n) is 3.67. The fraction of sp³-hybridized carbons (Fsp3) is 0.263. The molecular formula is C19H21O4P. The van der Waals surface area contributed by atoms with Gasteiger partial charge in [0.25, 0.3) is 0 Å². The Balaban J connectivity index is 1.90. The molecule has 0 aliphatic heterocycles. The van der Waals surface area contributed by atoms with E-state index >= 15 is 0 Å². The van der Waals surface area contributed by atoms with Gasteiger partial charge in [0, 0.05) is 10.9 Å². The highest BCUT2D eigenvalue weighted by atomic mass is 31.2. The minimum absolute atomic E-state index is 0.260. The second-order valence-corrected chi connectivity index (χ2v) is 7.51. The molecular weight excluding hydrogens is 323 g/mol. The van der Waals surface area contributed by atoms with E-state index in [1.165, 1.54) is 0 Å². The molecule has 1 heterocycles. The van der Waals surface area contributed by atoms with Crippen LogP contribution in [0.1, 0.15) is 19.4 Å². The monoisotopic (exact) mass is 344 g/mol. The summed E-state index contributed by atoms with van der Waals surface area (Å²) in [6, 6.07) is 17.8. The minimum Gasteiger partial charge on any atom is -0.456 e. The maximum atomic E-state index is 12.7.